The van der Waals surface area contributed by atoms with E-state index in [-0.39, 0.29) is 0 Å². The van der Waals surface area contributed by atoms with Gasteiger partial charge < -0.3 is 10.2 Å². The van der Waals surface area contributed by atoms with Gasteiger partial charge in [0.25, 0.3) is 0 Å². The largest absolute Gasteiger partial charge is 0.312 e. The van der Waals surface area contributed by atoms with E-state index in [0.29, 0.717) is 11.6 Å². The summed E-state index contributed by atoms with van der Waals surface area (Å²) < 4.78 is 1.15. The first-order valence-electron chi connectivity index (χ1n) is 7.67. The Hall–Kier alpha value is -0.380. The van der Waals surface area contributed by atoms with Crippen LogP contribution in [-0.2, 0) is 6.42 Å². The molecule has 0 bridgehead atoms. The summed E-state index contributed by atoms with van der Waals surface area (Å²) in [6.45, 7) is 3.40. The monoisotopic (exact) mass is 338 g/mol. The first-order chi connectivity index (χ1) is 9.52. The zero-order valence-corrected chi connectivity index (χ0v) is 14.5. The number of hydrogen-bond acceptors (Lipinski definition) is 2. The highest BCUT2D eigenvalue weighted by molar-refractivity contribution is 9.10. The van der Waals surface area contributed by atoms with Crippen LogP contribution in [-0.4, -0.2) is 37.1 Å². The molecule has 1 N–H and O–H groups in total. The molecule has 20 heavy (non-hydrogen) atoms. The minimum Gasteiger partial charge on any atom is -0.312 e. The van der Waals surface area contributed by atoms with Gasteiger partial charge in [-0.1, -0.05) is 40.9 Å². The molecule has 1 aromatic rings. The molecular weight excluding hydrogens is 312 g/mol. The topological polar surface area (TPSA) is 15.3 Å². The number of halogens is 1. The van der Waals surface area contributed by atoms with Gasteiger partial charge in [0, 0.05) is 22.6 Å². The normalized spacial score (nSPS) is 19.4. The van der Waals surface area contributed by atoms with Gasteiger partial charge in [-0.3, -0.25) is 0 Å². The number of nitrogens with one attached hydrogen (secondary N) is 1. The molecule has 2 rings (SSSR count). The highest BCUT2D eigenvalue weighted by Gasteiger charge is 2.35. The molecule has 1 fully saturated rings. The van der Waals surface area contributed by atoms with Crippen molar-refractivity contribution in [1.29, 1.82) is 0 Å². The maximum absolute atomic E-state index is 3.76. The fraction of sp³-hybridized carbons (Fsp3) is 0.647. The molecule has 0 radical (unpaired) electrons. The molecule has 1 atom stereocenters. The Morgan fingerprint density at radius 1 is 1.20 bits per heavy atom. The highest BCUT2D eigenvalue weighted by Crippen LogP contribution is 2.33. The predicted octanol–water partition coefficient (Wildman–Crippen LogP) is 3.84. The second-order valence-corrected chi connectivity index (χ2v) is 7.35. The van der Waals surface area contributed by atoms with E-state index in [9.17, 15) is 0 Å². The van der Waals surface area contributed by atoms with Crippen molar-refractivity contribution < 1.29 is 0 Å². The van der Waals surface area contributed by atoms with Gasteiger partial charge in [0.2, 0.25) is 0 Å². The lowest BCUT2D eigenvalue weighted by Crippen LogP contribution is -2.51. The minimum atomic E-state index is 0.383. The summed E-state index contributed by atoms with van der Waals surface area (Å²) in [6, 6.07) is 9.19. The summed E-state index contributed by atoms with van der Waals surface area (Å²) in [5.74, 6) is 0. The van der Waals surface area contributed by atoms with Crippen LogP contribution in [0.2, 0.25) is 0 Å². The average molecular weight is 339 g/mol. The third kappa shape index (κ3) is 4.06. The van der Waals surface area contributed by atoms with Gasteiger partial charge in [-0.2, -0.15) is 0 Å². The average Bonchev–Trinajstić information content (AvgIpc) is 2.89. The van der Waals surface area contributed by atoms with Crippen molar-refractivity contribution in [1.82, 2.24) is 10.2 Å². The second-order valence-electron chi connectivity index (χ2n) is 6.44. The van der Waals surface area contributed by atoms with Gasteiger partial charge in [0.15, 0.2) is 0 Å². The van der Waals surface area contributed by atoms with Crippen LogP contribution in [0.5, 0.6) is 0 Å². The Balaban J connectivity index is 1.85. The van der Waals surface area contributed by atoms with Gasteiger partial charge in [-0.15, -0.1) is 0 Å². The summed E-state index contributed by atoms with van der Waals surface area (Å²) in [6.07, 6.45) is 6.51. The van der Waals surface area contributed by atoms with Crippen molar-refractivity contribution in [2.45, 2.75) is 50.6 Å². The molecule has 1 aliphatic carbocycles. The zero-order chi connectivity index (χ0) is 14.6. The summed E-state index contributed by atoms with van der Waals surface area (Å²) in [4.78, 5) is 2.43. The number of benzene rings is 1. The fourth-order valence-electron chi connectivity index (χ4n) is 3.23. The molecule has 0 saturated heterocycles. The maximum Gasteiger partial charge on any atom is 0.0327 e. The number of hydrogen-bond donors (Lipinski definition) is 1. The van der Waals surface area contributed by atoms with Crippen molar-refractivity contribution in [2.75, 3.05) is 20.6 Å². The van der Waals surface area contributed by atoms with Crippen molar-refractivity contribution in [2.24, 2.45) is 0 Å². The van der Waals surface area contributed by atoms with Crippen molar-refractivity contribution in [3.05, 3.63) is 34.3 Å². The molecule has 1 saturated carbocycles. The van der Waals surface area contributed by atoms with E-state index in [1.54, 1.807) is 0 Å². The lowest BCUT2D eigenvalue weighted by atomic mass is 9.95. The van der Waals surface area contributed by atoms with Gasteiger partial charge in [-0.05, 0) is 58.0 Å². The Morgan fingerprint density at radius 2 is 1.80 bits per heavy atom. The van der Waals surface area contributed by atoms with E-state index in [1.165, 1.54) is 31.2 Å². The van der Waals surface area contributed by atoms with Crippen molar-refractivity contribution in [3.63, 3.8) is 0 Å². The van der Waals surface area contributed by atoms with Gasteiger partial charge in [0.1, 0.15) is 0 Å². The Labute approximate surface area is 132 Å². The maximum atomic E-state index is 3.76. The third-order valence-corrected chi connectivity index (χ3v) is 5.25. The van der Waals surface area contributed by atoms with Crippen LogP contribution in [0.15, 0.2) is 28.7 Å². The fourth-order valence-corrected chi connectivity index (χ4v) is 3.49. The van der Waals surface area contributed by atoms with Crippen LogP contribution >= 0.6 is 15.9 Å². The molecule has 112 valence electrons. The molecule has 0 aliphatic heterocycles. The van der Waals surface area contributed by atoms with E-state index in [1.807, 2.05) is 0 Å². The van der Waals surface area contributed by atoms with E-state index < -0.39 is 0 Å². The molecule has 1 aliphatic rings. The molecule has 0 heterocycles. The van der Waals surface area contributed by atoms with Gasteiger partial charge >= 0.3 is 0 Å². The summed E-state index contributed by atoms with van der Waals surface area (Å²) in [7, 11) is 4.46. The summed E-state index contributed by atoms with van der Waals surface area (Å²) in [5.41, 5.74) is 1.78. The van der Waals surface area contributed by atoms with Crippen LogP contribution in [0.1, 0.15) is 38.2 Å². The molecule has 2 nitrogen and oxygen atoms in total. The van der Waals surface area contributed by atoms with Crippen LogP contribution in [0.3, 0.4) is 0 Å². The number of nitrogens with zero attached hydrogens (tertiary/aromatic N) is 1. The van der Waals surface area contributed by atoms with Crippen molar-refractivity contribution >= 4 is 15.9 Å². The van der Waals surface area contributed by atoms with Crippen LogP contribution in [0, 0.1) is 0 Å². The lowest BCUT2D eigenvalue weighted by molar-refractivity contribution is 0.150. The Morgan fingerprint density at radius 3 is 2.35 bits per heavy atom. The standard InChI is InChI=1S/C17H27BrN2/c1-14(12-15-6-8-16(18)9-7-15)19-13-17(20(2)3)10-4-5-11-17/h6-9,14,19H,4-5,10-13H2,1-3H3. The minimum absolute atomic E-state index is 0.383. The van der Waals surface area contributed by atoms with Gasteiger partial charge in [0.05, 0.1) is 0 Å². The zero-order valence-electron chi connectivity index (χ0n) is 13.0. The van der Waals surface area contributed by atoms with E-state index in [4.69, 9.17) is 0 Å². The third-order valence-electron chi connectivity index (χ3n) is 4.72. The molecular formula is C17H27BrN2. The molecule has 1 unspecified atom stereocenters. The molecule has 3 heteroatoms. The van der Waals surface area contributed by atoms with E-state index in [0.717, 1.165) is 17.4 Å². The van der Waals surface area contributed by atoms with Crippen LogP contribution < -0.4 is 5.32 Å². The molecule has 1 aromatic carbocycles. The first-order valence-corrected chi connectivity index (χ1v) is 8.46. The van der Waals surface area contributed by atoms with Crippen LogP contribution in [0.25, 0.3) is 0 Å². The summed E-state index contributed by atoms with van der Waals surface area (Å²) in [5, 5.41) is 3.76. The lowest BCUT2D eigenvalue weighted by Gasteiger charge is -2.37. The Bertz CT molecular complexity index is 408. The first kappa shape index (κ1) is 16.0. The number of likely N-dealkylation sites (N-methyl/N-ethyl adjacent to an activating group) is 1. The second kappa shape index (κ2) is 7.06. The molecule has 0 aromatic heterocycles. The smallest absolute Gasteiger partial charge is 0.0327 e. The highest BCUT2D eigenvalue weighted by atomic mass is 79.9. The summed E-state index contributed by atoms with van der Waals surface area (Å²) >= 11 is 3.49. The SMILES string of the molecule is CC(Cc1ccc(Br)cc1)NCC1(N(C)C)CCCC1. The molecule has 0 spiro atoms. The predicted molar refractivity (Wildman–Crippen MR) is 90.2 cm³/mol. The molecule has 0 amide bonds. The Kier molecular flexibility index (Phi) is 5.65. The van der Waals surface area contributed by atoms with Crippen LogP contribution in [0.4, 0.5) is 0 Å². The van der Waals surface area contributed by atoms with Crippen molar-refractivity contribution in [3.8, 4) is 0 Å². The van der Waals surface area contributed by atoms with E-state index in [2.05, 4.69) is 71.4 Å². The number of rotatable bonds is 6. The van der Waals surface area contributed by atoms with E-state index >= 15 is 0 Å². The van der Waals surface area contributed by atoms with Gasteiger partial charge in [-0.25, -0.2) is 0 Å². The quantitative estimate of drug-likeness (QED) is 0.847.